The minimum absolute atomic E-state index is 0.450. The molecule has 0 bridgehead atoms. The van der Waals surface area contributed by atoms with E-state index in [-0.39, 0.29) is 0 Å². The van der Waals surface area contributed by atoms with Gasteiger partial charge in [-0.1, -0.05) is 37.1 Å². The van der Waals surface area contributed by atoms with Gasteiger partial charge in [-0.2, -0.15) is 5.26 Å². The van der Waals surface area contributed by atoms with E-state index in [0.29, 0.717) is 12.2 Å². The number of pyridine rings is 1. The van der Waals surface area contributed by atoms with Gasteiger partial charge in [0.1, 0.15) is 18.4 Å². The molecule has 0 unspecified atom stereocenters. The van der Waals surface area contributed by atoms with Crippen LogP contribution in [0.3, 0.4) is 0 Å². The normalized spacial score (nSPS) is 10.7. The molecule has 150 valence electrons. The minimum Gasteiger partial charge on any atom is -0.489 e. The van der Waals surface area contributed by atoms with Crippen LogP contribution in [0.1, 0.15) is 18.1 Å². The predicted octanol–water partition coefficient (Wildman–Crippen LogP) is 5.77. The summed E-state index contributed by atoms with van der Waals surface area (Å²) in [6, 6.07) is 20.3. The summed E-state index contributed by atoms with van der Waals surface area (Å²) in [4.78, 5) is 4.12. The van der Waals surface area contributed by atoms with Crippen LogP contribution in [0.25, 0.3) is 22.2 Å². The van der Waals surface area contributed by atoms with Gasteiger partial charge in [0.2, 0.25) is 0 Å². The Bertz CT molecular complexity index is 1190. The molecule has 4 rings (SSSR count). The maximum Gasteiger partial charge on any atom is 0.121 e. The molecule has 2 aromatic carbocycles. The highest BCUT2D eigenvalue weighted by molar-refractivity contribution is 8.00. The van der Waals surface area contributed by atoms with Gasteiger partial charge in [-0.15, -0.1) is 0 Å². The Morgan fingerprint density at radius 3 is 2.70 bits per heavy atom. The number of rotatable bonds is 7. The summed E-state index contributed by atoms with van der Waals surface area (Å²) < 4.78 is 11.3. The molecular formula is C24H22N4OS. The van der Waals surface area contributed by atoms with Gasteiger partial charge in [0, 0.05) is 47.9 Å². The Kier molecular flexibility index (Phi) is 5.92. The molecule has 0 radical (unpaired) electrons. The van der Waals surface area contributed by atoms with E-state index >= 15 is 0 Å². The van der Waals surface area contributed by atoms with Crippen molar-refractivity contribution in [2.45, 2.75) is 13.5 Å². The third kappa shape index (κ3) is 3.98. The van der Waals surface area contributed by atoms with Crippen molar-refractivity contribution in [3.8, 4) is 23.1 Å². The van der Waals surface area contributed by atoms with Crippen LogP contribution in [-0.4, -0.2) is 15.3 Å². The maximum atomic E-state index is 9.87. The molecule has 0 aliphatic rings. The Morgan fingerprint density at radius 1 is 1.17 bits per heavy atom. The first-order valence-electron chi connectivity index (χ1n) is 9.73. The summed E-state index contributed by atoms with van der Waals surface area (Å²) in [6.45, 7) is 2.56. The fourth-order valence-electron chi connectivity index (χ4n) is 3.46. The van der Waals surface area contributed by atoms with Crippen molar-refractivity contribution in [1.82, 2.24) is 9.55 Å². The van der Waals surface area contributed by atoms with Crippen LogP contribution >= 0.6 is 11.9 Å². The summed E-state index contributed by atoms with van der Waals surface area (Å²) in [7, 11) is 1.99. The van der Waals surface area contributed by atoms with Crippen molar-refractivity contribution in [3.63, 3.8) is 0 Å². The van der Waals surface area contributed by atoms with Crippen LogP contribution in [-0.2, 0) is 13.7 Å². The highest BCUT2D eigenvalue weighted by Crippen LogP contribution is 2.35. The molecule has 0 spiro atoms. The molecule has 30 heavy (non-hydrogen) atoms. The zero-order valence-corrected chi connectivity index (χ0v) is 17.7. The molecule has 0 aliphatic heterocycles. The van der Waals surface area contributed by atoms with E-state index in [0.717, 1.165) is 44.9 Å². The number of nitrogens with zero attached hydrogens (tertiary/aromatic N) is 3. The minimum atomic E-state index is 0.450. The number of nitriles is 1. The quantitative estimate of drug-likeness (QED) is 0.389. The number of fused-ring (bicyclic) bond motifs is 1. The second-order valence-corrected chi connectivity index (χ2v) is 7.91. The standard InChI is InChI=1S/C24H22N4OS/c1-3-30-27-19-8-6-18(7-9-19)24-22(14-25)21-11-10-20(13-23(21)28(24)2)29-16-17-5-4-12-26-15-17/h4-13,15,27H,3,16H2,1-2H3. The summed E-state index contributed by atoms with van der Waals surface area (Å²) >= 11 is 1.66. The summed E-state index contributed by atoms with van der Waals surface area (Å²) in [6.07, 6.45) is 3.54. The lowest BCUT2D eigenvalue weighted by molar-refractivity contribution is 0.306. The number of hydrogen-bond donors (Lipinski definition) is 1. The van der Waals surface area contributed by atoms with E-state index in [1.807, 2.05) is 61.6 Å². The fourth-order valence-corrected chi connectivity index (χ4v) is 3.91. The van der Waals surface area contributed by atoms with Gasteiger partial charge in [-0.05, 0) is 35.9 Å². The van der Waals surface area contributed by atoms with E-state index in [1.54, 1.807) is 24.3 Å². The molecule has 5 nitrogen and oxygen atoms in total. The van der Waals surface area contributed by atoms with Crippen LogP contribution in [0.5, 0.6) is 5.75 Å². The number of ether oxygens (including phenoxy) is 1. The Labute approximate surface area is 180 Å². The number of aryl methyl sites for hydroxylation is 1. The van der Waals surface area contributed by atoms with E-state index < -0.39 is 0 Å². The first-order chi connectivity index (χ1) is 14.7. The van der Waals surface area contributed by atoms with E-state index in [1.165, 1.54) is 0 Å². The van der Waals surface area contributed by atoms with Crippen LogP contribution in [0.2, 0.25) is 0 Å². The lowest BCUT2D eigenvalue weighted by Crippen LogP contribution is -1.96. The third-order valence-corrected chi connectivity index (χ3v) is 5.57. The molecule has 0 atom stereocenters. The van der Waals surface area contributed by atoms with Crippen molar-refractivity contribution in [2.75, 3.05) is 10.5 Å². The Hall–Kier alpha value is -3.43. The fraction of sp³-hybridized carbons (Fsp3) is 0.167. The van der Waals surface area contributed by atoms with Crippen LogP contribution in [0, 0.1) is 11.3 Å². The third-order valence-electron chi connectivity index (χ3n) is 4.90. The molecule has 2 aromatic heterocycles. The summed E-state index contributed by atoms with van der Waals surface area (Å²) in [5.74, 6) is 1.76. The lowest BCUT2D eigenvalue weighted by atomic mass is 10.1. The Balaban J connectivity index is 1.67. The molecule has 0 amide bonds. The first kappa shape index (κ1) is 19.9. The van der Waals surface area contributed by atoms with Crippen LogP contribution in [0.4, 0.5) is 5.69 Å². The van der Waals surface area contributed by atoms with Gasteiger partial charge in [0.25, 0.3) is 0 Å². The SMILES string of the molecule is CCSNc1ccc(-c2c(C#N)c3ccc(OCc4cccnc4)cc3n2C)cc1. The zero-order chi connectivity index (χ0) is 20.9. The van der Waals surface area contributed by atoms with Gasteiger partial charge < -0.3 is 14.0 Å². The van der Waals surface area contributed by atoms with Crippen molar-refractivity contribution >= 4 is 28.5 Å². The van der Waals surface area contributed by atoms with Crippen molar-refractivity contribution in [1.29, 1.82) is 5.26 Å². The average molecular weight is 415 g/mol. The molecular weight excluding hydrogens is 392 g/mol. The molecule has 0 saturated heterocycles. The van der Waals surface area contributed by atoms with Crippen LogP contribution in [0.15, 0.2) is 67.0 Å². The lowest BCUT2D eigenvalue weighted by Gasteiger charge is -2.09. The smallest absolute Gasteiger partial charge is 0.121 e. The topological polar surface area (TPSA) is 62.9 Å². The number of hydrogen-bond acceptors (Lipinski definition) is 5. The first-order valence-corrected chi connectivity index (χ1v) is 10.7. The summed E-state index contributed by atoms with van der Waals surface area (Å²) in [5.41, 5.74) is 5.62. The number of aromatic nitrogens is 2. The number of anilines is 1. The van der Waals surface area contributed by atoms with Crippen molar-refractivity contribution < 1.29 is 4.74 Å². The predicted molar refractivity (Wildman–Crippen MR) is 123 cm³/mol. The number of benzene rings is 2. The second kappa shape index (κ2) is 8.93. The molecule has 0 fully saturated rings. The van der Waals surface area contributed by atoms with Crippen molar-refractivity contribution in [3.05, 3.63) is 78.1 Å². The number of nitrogens with one attached hydrogen (secondary N) is 1. The van der Waals surface area contributed by atoms with Crippen LogP contribution < -0.4 is 9.46 Å². The average Bonchev–Trinajstić information content (AvgIpc) is 3.08. The zero-order valence-electron chi connectivity index (χ0n) is 16.9. The monoisotopic (exact) mass is 414 g/mol. The molecule has 4 aromatic rings. The van der Waals surface area contributed by atoms with Gasteiger partial charge in [-0.25, -0.2) is 0 Å². The molecule has 0 aliphatic carbocycles. The van der Waals surface area contributed by atoms with E-state index in [4.69, 9.17) is 4.74 Å². The maximum absolute atomic E-state index is 9.87. The largest absolute Gasteiger partial charge is 0.489 e. The molecule has 6 heteroatoms. The molecule has 1 N–H and O–H groups in total. The van der Waals surface area contributed by atoms with Gasteiger partial charge >= 0.3 is 0 Å². The molecule has 2 heterocycles. The summed E-state index contributed by atoms with van der Waals surface area (Å²) in [5, 5.41) is 10.8. The highest BCUT2D eigenvalue weighted by atomic mass is 32.2. The van der Waals surface area contributed by atoms with E-state index in [9.17, 15) is 5.26 Å². The van der Waals surface area contributed by atoms with Gasteiger partial charge in [0.05, 0.1) is 16.8 Å². The van der Waals surface area contributed by atoms with Crippen molar-refractivity contribution in [2.24, 2.45) is 7.05 Å². The van der Waals surface area contributed by atoms with E-state index in [2.05, 4.69) is 27.3 Å². The van der Waals surface area contributed by atoms with Gasteiger partial charge in [0.15, 0.2) is 0 Å². The highest BCUT2D eigenvalue weighted by Gasteiger charge is 2.17. The second-order valence-electron chi connectivity index (χ2n) is 6.84. The van der Waals surface area contributed by atoms with Gasteiger partial charge in [-0.3, -0.25) is 4.98 Å². The Morgan fingerprint density at radius 2 is 2.00 bits per heavy atom. The molecule has 0 saturated carbocycles.